The molecule has 1 aromatic heterocycles. The molecule has 2 aromatic carbocycles. The average molecular weight is 408 g/mol. The second-order valence-electron chi connectivity index (χ2n) is 7.68. The number of rotatable bonds is 11. The zero-order valence-corrected chi connectivity index (χ0v) is 18.7. The summed E-state index contributed by atoms with van der Waals surface area (Å²) >= 11 is 0. The molecule has 0 unspecified atom stereocenters. The first-order valence-corrected chi connectivity index (χ1v) is 11.1. The highest BCUT2D eigenvalue weighted by Crippen LogP contribution is 2.30. The Balaban J connectivity index is 1.83. The van der Waals surface area contributed by atoms with Crippen LogP contribution in [0.5, 0.6) is 5.75 Å². The smallest absolute Gasteiger partial charge is 0.197 e. The number of likely N-dealkylation sites (N-methyl/N-ethyl adjacent to an activating group) is 1. The first-order valence-electron chi connectivity index (χ1n) is 11.1. The molecule has 4 heteroatoms. The Bertz CT molecular complexity index is 985. The van der Waals surface area contributed by atoms with Gasteiger partial charge in [0.25, 0.3) is 0 Å². The zero-order chi connectivity index (χ0) is 21.5. The molecule has 0 saturated heterocycles. The second-order valence-corrected chi connectivity index (χ2v) is 7.68. The van der Waals surface area contributed by atoms with Crippen LogP contribution in [0.3, 0.4) is 0 Å². The third-order valence-electron chi connectivity index (χ3n) is 5.67. The van der Waals surface area contributed by atoms with E-state index < -0.39 is 0 Å². The van der Waals surface area contributed by atoms with E-state index in [0.29, 0.717) is 17.7 Å². The van der Waals surface area contributed by atoms with Crippen molar-refractivity contribution in [2.75, 3.05) is 26.2 Å². The van der Waals surface area contributed by atoms with Crippen molar-refractivity contribution in [1.29, 1.82) is 0 Å². The molecule has 0 amide bonds. The molecule has 0 atom stereocenters. The molecule has 0 spiro atoms. The van der Waals surface area contributed by atoms with E-state index >= 15 is 0 Å². The third-order valence-corrected chi connectivity index (χ3v) is 5.67. The van der Waals surface area contributed by atoms with E-state index in [4.69, 9.17) is 9.15 Å². The molecule has 0 saturated carbocycles. The van der Waals surface area contributed by atoms with E-state index in [1.54, 1.807) is 0 Å². The Hall–Kier alpha value is -2.59. The maximum Gasteiger partial charge on any atom is 0.197 e. The fourth-order valence-corrected chi connectivity index (χ4v) is 3.81. The van der Waals surface area contributed by atoms with E-state index in [1.807, 2.05) is 49.4 Å². The quantitative estimate of drug-likeness (QED) is 0.364. The van der Waals surface area contributed by atoms with E-state index in [2.05, 4.69) is 25.7 Å². The van der Waals surface area contributed by atoms with Gasteiger partial charge in [0, 0.05) is 23.9 Å². The largest absolute Gasteiger partial charge is 0.492 e. The maximum absolute atomic E-state index is 13.5. The van der Waals surface area contributed by atoms with Crippen molar-refractivity contribution in [1.82, 2.24) is 4.90 Å². The van der Waals surface area contributed by atoms with E-state index in [1.165, 1.54) is 0 Å². The molecule has 0 aliphatic carbocycles. The van der Waals surface area contributed by atoms with Gasteiger partial charge < -0.3 is 14.1 Å². The normalized spacial score (nSPS) is 11.4. The Morgan fingerprint density at radius 2 is 1.83 bits per heavy atom. The van der Waals surface area contributed by atoms with Crippen LogP contribution in [0.25, 0.3) is 11.0 Å². The number of fused-ring (bicyclic) bond motifs is 1. The van der Waals surface area contributed by atoms with Gasteiger partial charge in [0.2, 0.25) is 0 Å². The van der Waals surface area contributed by atoms with Gasteiger partial charge in [-0.15, -0.1) is 0 Å². The minimum Gasteiger partial charge on any atom is -0.492 e. The van der Waals surface area contributed by atoms with Crippen molar-refractivity contribution in [3.8, 4) is 5.75 Å². The Kier molecular flexibility index (Phi) is 7.69. The van der Waals surface area contributed by atoms with Gasteiger partial charge in [0.05, 0.1) is 5.56 Å². The monoisotopic (exact) mass is 407 g/mol. The van der Waals surface area contributed by atoms with Crippen molar-refractivity contribution in [2.24, 2.45) is 0 Å². The summed E-state index contributed by atoms with van der Waals surface area (Å²) in [6.45, 7) is 12.0. The molecule has 0 fully saturated rings. The fourth-order valence-electron chi connectivity index (χ4n) is 3.81. The predicted molar refractivity (Wildman–Crippen MR) is 123 cm³/mol. The summed E-state index contributed by atoms with van der Waals surface area (Å²) in [6, 6.07) is 13.6. The molecular weight excluding hydrogens is 374 g/mol. The molecule has 160 valence electrons. The number of para-hydroxylation sites is 1. The number of ether oxygens (including phenoxy) is 1. The minimum absolute atomic E-state index is 0.0262. The maximum atomic E-state index is 13.5. The fraction of sp³-hybridized carbons (Fsp3) is 0.423. The molecular formula is C26H33NO3. The van der Waals surface area contributed by atoms with Crippen molar-refractivity contribution < 1.29 is 13.9 Å². The Labute approximate surface area is 179 Å². The van der Waals surface area contributed by atoms with Crippen molar-refractivity contribution in [2.45, 2.75) is 47.0 Å². The van der Waals surface area contributed by atoms with Crippen LogP contribution < -0.4 is 4.74 Å². The van der Waals surface area contributed by atoms with Gasteiger partial charge in [0.1, 0.15) is 23.7 Å². The van der Waals surface area contributed by atoms with Gasteiger partial charge in [-0.05, 0) is 56.3 Å². The van der Waals surface area contributed by atoms with Crippen LogP contribution in [-0.2, 0) is 6.42 Å². The van der Waals surface area contributed by atoms with Crippen LogP contribution in [0.4, 0.5) is 0 Å². The average Bonchev–Trinajstić information content (AvgIpc) is 3.13. The second kappa shape index (κ2) is 10.4. The van der Waals surface area contributed by atoms with Crippen LogP contribution in [0.15, 0.2) is 46.9 Å². The summed E-state index contributed by atoms with van der Waals surface area (Å²) < 4.78 is 12.0. The number of aryl methyl sites for hydroxylation is 2. The van der Waals surface area contributed by atoms with Crippen LogP contribution in [0.2, 0.25) is 0 Å². The molecule has 4 nitrogen and oxygen atoms in total. The van der Waals surface area contributed by atoms with Gasteiger partial charge >= 0.3 is 0 Å². The van der Waals surface area contributed by atoms with Crippen LogP contribution in [-0.4, -0.2) is 36.9 Å². The van der Waals surface area contributed by atoms with Crippen LogP contribution >= 0.6 is 0 Å². The standard InChI is InChI=1S/C26H33NO3/c1-5-8-12-24-25(22-11-9-10-13-23(22)30-24)26(28)21-15-14-20(18-19(21)4)29-17-16-27(6-2)7-3/h9-11,13-15,18H,5-8,12,16-17H2,1-4H3. The number of carbonyl (C=O) groups is 1. The molecule has 0 aliphatic heterocycles. The van der Waals surface area contributed by atoms with Crippen LogP contribution in [0.1, 0.15) is 60.9 Å². The van der Waals surface area contributed by atoms with Gasteiger partial charge in [-0.2, -0.15) is 0 Å². The summed E-state index contributed by atoms with van der Waals surface area (Å²) in [5.74, 6) is 1.62. The number of carbonyl (C=O) groups excluding carboxylic acids is 1. The van der Waals surface area contributed by atoms with Gasteiger partial charge in [0.15, 0.2) is 5.78 Å². The number of hydrogen-bond donors (Lipinski definition) is 0. The lowest BCUT2D eigenvalue weighted by molar-refractivity contribution is 0.103. The number of ketones is 1. The lowest BCUT2D eigenvalue weighted by Gasteiger charge is -2.18. The number of furan rings is 1. The van der Waals surface area contributed by atoms with Gasteiger partial charge in [-0.25, -0.2) is 0 Å². The molecule has 30 heavy (non-hydrogen) atoms. The number of nitrogens with zero attached hydrogens (tertiary/aromatic N) is 1. The third kappa shape index (κ3) is 4.93. The molecule has 0 aliphatic rings. The van der Waals surface area contributed by atoms with Gasteiger partial charge in [-0.1, -0.05) is 45.4 Å². The number of unbranched alkanes of at least 4 members (excludes halogenated alkanes) is 1. The molecule has 1 heterocycles. The van der Waals surface area contributed by atoms with E-state index in [-0.39, 0.29) is 5.78 Å². The molecule has 3 aromatic rings. The first kappa shape index (κ1) is 22.1. The SMILES string of the molecule is CCCCc1oc2ccccc2c1C(=O)c1ccc(OCCN(CC)CC)cc1C. The lowest BCUT2D eigenvalue weighted by atomic mass is 9.95. The Morgan fingerprint density at radius 1 is 1.07 bits per heavy atom. The summed E-state index contributed by atoms with van der Waals surface area (Å²) in [7, 11) is 0. The molecule has 0 radical (unpaired) electrons. The summed E-state index contributed by atoms with van der Waals surface area (Å²) in [5.41, 5.74) is 3.11. The number of hydrogen-bond acceptors (Lipinski definition) is 4. The lowest BCUT2D eigenvalue weighted by Crippen LogP contribution is -2.27. The van der Waals surface area contributed by atoms with Crippen LogP contribution in [0, 0.1) is 6.92 Å². The molecule has 3 rings (SSSR count). The minimum atomic E-state index is 0.0262. The molecule has 0 N–H and O–H groups in total. The predicted octanol–water partition coefficient (Wildman–Crippen LogP) is 6.04. The van der Waals surface area contributed by atoms with Gasteiger partial charge in [-0.3, -0.25) is 4.79 Å². The zero-order valence-electron chi connectivity index (χ0n) is 18.7. The summed E-state index contributed by atoms with van der Waals surface area (Å²) in [5, 5.41) is 0.896. The van der Waals surface area contributed by atoms with E-state index in [0.717, 1.165) is 66.9 Å². The summed E-state index contributed by atoms with van der Waals surface area (Å²) in [4.78, 5) is 15.8. The highest BCUT2D eigenvalue weighted by atomic mass is 16.5. The highest BCUT2D eigenvalue weighted by molar-refractivity contribution is 6.17. The van der Waals surface area contributed by atoms with E-state index in [9.17, 15) is 4.79 Å². The van der Waals surface area contributed by atoms with Crippen molar-refractivity contribution in [3.63, 3.8) is 0 Å². The summed E-state index contributed by atoms with van der Waals surface area (Å²) in [6.07, 6.45) is 2.83. The van der Waals surface area contributed by atoms with Crippen molar-refractivity contribution >= 4 is 16.8 Å². The highest BCUT2D eigenvalue weighted by Gasteiger charge is 2.22. The van der Waals surface area contributed by atoms with Crippen molar-refractivity contribution in [3.05, 3.63) is 64.9 Å². The Morgan fingerprint density at radius 3 is 2.53 bits per heavy atom. The first-order chi connectivity index (χ1) is 14.6. The molecule has 0 bridgehead atoms. The number of benzene rings is 2. The topological polar surface area (TPSA) is 42.7 Å².